The third-order valence-corrected chi connectivity index (χ3v) is 4.77. The van der Waals surface area contributed by atoms with Crippen LogP contribution in [-0.2, 0) is 0 Å². The zero-order chi connectivity index (χ0) is 18.4. The highest BCUT2D eigenvalue weighted by atomic mass is 79.9. The van der Waals surface area contributed by atoms with Crippen LogP contribution in [0.3, 0.4) is 0 Å². The van der Waals surface area contributed by atoms with E-state index in [1.165, 1.54) is 4.68 Å². The number of rotatable bonds is 4. The number of aromatic nitrogens is 4. The molecule has 0 aliphatic heterocycles. The Bertz CT molecular complexity index is 1060. The molecule has 9 heteroatoms. The molecule has 0 saturated heterocycles. The van der Waals surface area contributed by atoms with Gasteiger partial charge in [0, 0.05) is 23.2 Å². The summed E-state index contributed by atoms with van der Waals surface area (Å²) in [7, 11) is 0. The summed E-state index contributed by atoms with van der Waals surface area (Å²) < 4.78 is 7.21. The summed E-state index contributed by atoms with van der Waals surface area (Å²) in [6, 6.07) is 5.02. The molecule has 1 aliphatic carbocycles. The molecule has 0 unspecified atom stereocenters. The van der Waals surface area contributed by atoms with Crippen LogP contribution in [0.1, 0.15) is 46.3 Å². The fourth-order valence-electron chi connectivity index (χ4n) is 2.57. The molecule has 0 radical (unpaired) electrons. The van der Waals surface area contributed by atoms with Crippen LogP contribution in [0.2, 0.25) is 0 Å². The van der Waals surface area contributed by atoms with Gasteiger partial charge in [0.05, 0.1) is 5.69 Å². The van der Waals surface area contributed by atoms with Crippen molar-refractivity contribution in [2.24, 2.45) is 0 Å². The lowest BCUT2D eigenvalue weighted by molar-refractivity contribution is 0.0994. The van der Waals surface area contributed by atoms with Gasteiger partial charge in [-0.3, -0.25) is 14.6 Å². The van der Waals surface area contributed by atoms with Gasteiger partial charge in [0.25, 0.3) is 11.5 Å². The minimum Gasteiger partial charge on any atom is -0.444 e. The van der Waals surface area contributed by atoms with Crippen LogP contribution < -0.4 is 10.9 Å². The number of hydrogen-bond donors (Lipinski definition) is 2. The Morgan fingerprint density at radius 2 is 2.15 bits per heavy atom. The van der Waals surface area contributed by atoms with Crippen molar-refractivity contribution in [3.63, 3.8) is 0 Å². The zero-order valence-electron chi connectivity index (χ0n) is 14.2. The molecule has 3 aromatic heterocycles. The van der Waals surface area contributed by atoms with Crippen molar-refractivity contribution in [3.05, 3.63) is 55.9 Å². The maximum absolute atomic E-state index is 12.4. The smallest absolute Gasteiger partial charge is 0.292 e. The summed E-state index contributed by atoms with van der Waals surface area (Å²) >= 11 is 3.18. The average molecular weight is 418 g/mol. The molecular weight excluding hydrogens is 402 g/mol. The molecular formula is C17H16BrN5O3. The second kappa shape index (κ2) is 6.24. The largest absolute Gasteiger partial charge is 0.444 e. The molecule has 134 valence electrons. The molecule has 1 saturated carbocycles. The fraction of sp³-hybridized carbons (Fsp3) is 0.294. The lowest BCUT2D eigenvalue weighted by Gasteiger charge is -2.08. The van der Waals surface area contributed by atoms with Crippen LogP contribution in [0.25, 0.3) is 5.95 Å². The third-order valence-electron chi connectivity index (χ3n) is 4.35. The molecule has 4 rings (SSSR count). The number of amides is 1. The van der Waals surface area contributed by atoms with Gasteiger partial charge < -0.3 is 9.73 Å². The molecule has 3 aromatic rings. The Hall–Kier alpha value is -2.68. The number of aryl methyl sites for hydroxylation is 1. The predicted molar refractivity (Wildman–Crippen MR) is 97.8 cm³/mol. The van der Waals surface area contributed by atoms with Gasteiger partial charge in [-0.1, -0.05) is 0 Å². The first-order chi connectivity index (χ1) is 12.4. The van der Waals surface area contributed by atoms with E-state index in [9.17, 15) is 9.59 Å². The van der Waals surface area contributed by atoms with E-state index in [1.807, 2.05) is 6.07 Å². The standard InChI is InChI=1S/C17H16BrN5O3/c1-8-9(2)19-17(21-15(8)24)23-14(7-11(22-23)10-3-4-10)20-16(25)12-5-6-13(18)26-12/h5-7,10H,3-4H2,1-2H3,(H,20,25)(H,19,21,24). The van der Waals surface area contributed by atoms with Gasteiger partial charge in [0.1, 0.15) is 5.82 Å². The Morgan fingerprint density at radius 3 is 2.77 bits per heavy atom. The van der Waals surface area contributed by atoms with E-state index in [0.717, 1.165) is 18.5 Å². The first kappa shape index (κ1) is 16.8. The van der Waals surface area contributed by atoms with Crippen LogP contribution in [0.4, 0.5) is 5.82 Å². The SMILES string of the molecule is Cc1nc(-n2nc(C3CC3)cc2NC(=O)c2ccc(Br)o2)[nH]c(=O)c1C. The fourth-order valence-corrected chi connectivity index (χ4v) is 2.88. The second-order valence-corrected chi connectivity index (χ2v) is 7.08. The van der Waals surface area contributed by atoms with Gasteiger partial charge in [0.2, 0.25) is 5.95 Å². The number of anilines is 1. The molecule has 0 bridgehead atoms. The summed E-state index contributed by atoms with van der Waals surface area (Å²) in [6.07, 6.45) is 2.12. The first-order valence-electron chi connectivity index (χ1n) is 8.17. The van der Waals surface area contributed by atoms with Gasteiger partial charge in [-0.25, -0.2) is 4.98 Å². The average Bonchev–Trinajstić information content (AvgIpc) is 3.23. The predicted octanol–water partition coefficient (Wildman–Crippen LogP) is 3.06. The van der Waals surface area contributed by atoms with Gasteiger partial charge in [-0.15, -0.1) is 0 Å². The molecule has 1 amide bonds. The molecule has 0 atom stereocenters. The highest BCUT2D eigenvalue weighted by molar-refractivity contribution is 9.10. The van der Waals surface area contributed by atoms with Gasteiger partial charge in [0.15, 0.2) is 10.4 Å². The second-order valence-electron chi connectivity index (χ2n) is 6.30. The van der Waals surface area contributed by atoms with E-state index >= 15 is 0 Å². The minimum atomic E-state index is -0.412. The quantitative estimate of drug-likeness (QED) is 0.678. The number of nitrogens with one attached hydrogen (secondary N) is 2. The number of nitrogens with zero attached hydrogens (tertiary/aromatic N) is 3. The number of carbonyl (C=O) groups excluding carboxylic acids is 1. The normalized spacial score (nSPS) is 13.8. The maximum Gasteiger partial charge on any atom is 0.292 e. The molecule has 0 spiro atoms. The van der Waals surface area contributed by atoms with E-state index in [-0.39, 0.29) is 17.3 Å². The van der Waals surface area contributed by atoms with Crippen molar-refractivity contribution in [2.75, 3.05) is 5.32 Å². The van der Waals surface area contributed by atoms with Crippen LogP contribution in [-0.4, -0.2) is 25.7 Å². The van der Waals surface area contributed by atoms with E-state index in [2.05, 4.69) is 36.3 Å². The van der Waals surface area contributed by atoms with Crippen LogP contribution >= 0.6 is 15.9 Å². The van der Waals surface area contributed by atoms with E-state index in [4.69, 9.17) is 4.42 Å². The van der Waals surface area contributed by atoms with Crippen molar-refractivity contribution in [1.82, 2.24) is 19.7 Å². The Kier molecular flexibility index (Phi) is 4.03. The lowest BCUT2D eigenvalue weighted by Crippen LogP contribution is -2.20. The van der Waals surface area contributed by atoms with Crippen molar-refractivity contribution in [2.45, 2.75) is 32.6 Å². The number of carbonyl (C=O) groups is 1. The summed E-state index contributed by atoms with van der Waals surface area (Å²) in [4.78, 5) is 31.7. The highest BCUT2D eigenvalue weighted by Crippen LogP contribution is 2.40. The topological polar surface area (TPSA) is 106 Å². The Morgan fingerprint density at radius 1 is 1.38 bits per heavy atom. The molecule has 1 aliphatic rings. The van der Waals surface area contributed by atoms with E-state index in [0.29, 0.717) is 27.7 Å². The van der Waals surface area contributed by atoms with Gasteiger partial charge in [-0.05, 0) is 54.8 Å². The third kappa shape index (κ3) is 3.10. The van der Waals surface area contributed by atoms with Crippen molar-refractivity contribution in [1.29, 1.82) is 0 Å². The Labute approximate surface area is 156 Å². The highest BCUT2D eigenvalue weighted by Gasteiger charge is 2.28. The number of hydrogen-bond acceptors (Lipinski definition) is 5. The van der Waals surface area contributed by atoms with Crippen LogP contribution in [0.15, 0.2) is 32.1 Å². The number of furan rings is 1. The van der Waals surface area contributed by atoms with Crippen molar-refractivity contribution < 1.29 is 9.21 Å². The first-order valence-corrected chi connectivity index (χ1v) is 8.96. The number of halogens is 1. The molecule has 2 N–H and O–H groups in total. The summed E-state index contributed by atoms with van der Waals surface area (Å²) in [5.74, 6) is 0.823. The van der Waals surface area contributed by atoms with Crippen molar-refractivity contribution in [3.8, 4) is 5.95 Å². The molecule has 3 heterocycles. The lowest BCUT2D eigenvalue weighted by atomic mass is 10.3. The van der Waals surface area contributed by atoms with Gasteiger partial charge >= 0.3 is 0 Å². The summed E-state index contributed by atoms with van der Waals surface area (Å²) in [5, 5.41) is 7.32. The Balaban J connectivity index is 1.74. The van der Waals surface area contributed by atoms with E-state index in [1.54, 1.807) is 26.0 Å². The zero-order valence-corrected chi connectivity index (χ0v) is 15.8. The molecule has 0 aromatic carbocycles. The molecule has 8 nitrogen and oxygen atoms in total. The molecule has 1 fully saturated rings. The molecule has 26 heavy (non-hydrogen) atoms. The number of aromatic amines is 1. The summed E-state index contributed by atoms with van der Waals surface area (Å²) in [5.41, 5.74) is 1.79. The van der Waals surface area contributed by atoms with E-state index < -0.39 is 5.91 Å². The van der Waals surface area contributed by atoms with Crippen molar-refractivity contribution >= 4 is 27.7 Å². The number of H-pyrrole nitrogens is 1. The maximum atomic E-state index is 12.4. The monoisotopic (exact) mass is 417 g/mol. The minimum absolute atomic E-state index is 0.166. The van der Waals surface area contributed by atoms with Gasteiger partial charge in [-0.2, -0.15) is 9.78 Å². The van der Waals surface area contributed by atoms with Crippen LogP contribution in [0.5, 0.6) is 0 Å². The van der Waals surface area contributed by atoms with Crippen LogP contribution in [0, 0.1) is 13.8 Å². The summed E-state index contributed by atoms with van der Waals surface area (Å²) in [6.45, 7) is 3.47.